The number of nitrogens with one attached hydrogen (secondary N) is 2. The Balaban J connectivity index is 1.18. The number of ether oxygens (including phenoxy) is 1. The maximum Gasteiger partial charge on any atom is 0.191 e. The number of para-hydroxylation sites is 1. The second-order valence-corrected chi connectivity index (χ2v) is 8.25. The molecule has 0 aliphatic carbocycles. The summed E-state index contributed by atoms with van der Waals surface area (Å²) in [6, 6.07) is 7.46. The molecule has 160 valence electrons. The Labute approximate surface area is 173 Å². The van der Waals surface area contributed by atoms with E-state index in [-0.39, 0.29) is 5.82 Å². The van der Waals surface area contributed by atoms with Gasteiger partial charge in [-0.25, -0.2) is 4.39 Å². The zero-order valence-corrected chi connectivity index (χ0v) is 17.4. The molecule has 2 bridgehead atoms. The smallest absolute Gasteiger partial charge is 0.191 e. The minimum Gasteiger partial charge on any atom is -0.373 e. The van der Waals surface area contributed by atoms with Crippen molar-refractivity contribution in [1.82, 2.24) is 15.5 Å². The van der Waals surface area contributed by atoms with Crippen molar-refractivity contribution in [2.75, 3.05) is 50.7 Å². The molecule has 7 heteroatoms. The van der Waals surface area contributed by atoms with E-state index in [1.807, 2.05) is 12.1 Å². The first-order chi connectivity index (χ1) is 14.2. The highest BCUT2D eigenvalue weighted by atomic mass is 19.1. The van der Waals surface area contributed by atoms with Crippen LogP contribution >= 0.6 is 0 Å². The molecule has 3 unspecified atom stereocenters. The SMILES string of the molecule is CCNC(=NCCCN1CCN(c2ccccc2F)CC1)NC1CC2CCC1O2. The normalized spacial score (nSPS) is 27.4. The number of fused-ring (bicyclic) bond motifs is 2. The van der Waals surface area contributed by atoms with Gasteiger partial charge in [-0.3, -0.25) is 9.89 Å². The van der Waals surface area contributed by atoms with Crippen LogP contribution in [0.2, 0.25) is 0 Å². The molecule has 4 rings (SSSR count). The number of guanidine groups is 1. The van der Waals surface area contributed by atoms with Crippen LogP contribution in [0.4, 0.5) is 10.1 Å². The Morgan fingerprint density at radius 1 is 1.21 bits per heavy atom. The summed E-state index contributed by atoms with van der Waals surface area (Å²) in [6.07, 6.45) is 5.31. The van der Waals surface area contributed by atoms with Gasteiger partial charge in [0.15, 0.2) is 5.96 Å². The van der Waals surface area contributed by atoms with Crippen LogP contribution in [-0.2, 0) is 4.74 Å². The van der Waals surface area contributed by atoms with E-state index in [2.05, 4.69) is 27.4 Å². The van der Waals surface area contributed by atoms with E-state index < -0.39 is 0 Å². The van der Waals surface area contributed by atoms with Crippen molar-refractivity contribution in [2.45, 2.75) is 50.9 Å². The molecule has 3 fully saturated rings. The van der Waals surface area contributed by atoms with Gasteiger partial charge in [-0.05, 0) is 44.7 Å². The van der Waals surface area contributed by atoms with E-state index in [4.69, 9.17) is 9.73 Å². The number of rotatable bonds is 7. The number of anilines is 1. The van der Waals surface area contributed by atoms with Gasteiger partial charge in [0.05, 0.1) is 23.9 Å². The Hall–Kier alpha value is -1.86. The number of nitrogens with zero attached hydrogens (tertiary/aromatic N) is 3. The number of hydrogen-bond donors (Lipinski definition) is 2. The van der Waals surface area contributed by atoms with Crippen molar-refractivity contribution in [3.05, 3.63) is 30.1 Å². The summed E-state index contributed by atoms with van der Waals surface area (Å²) in [7, 11) is 0. The Morgan fingerprint density at radius 3 is 2.72 bits per heavy atom. The number of benzene rings is 1. The van der Waals surface area contributed by atoms with Crippen LogP contribution in [0, 0.1) is 5.82 Å². The second-order valence-electron chi connectivity index (χ2n) is 8.25. The highest BCUT2D eigenvalue weighted by Gasteiger charge is 2.41. The van der Waals surface area contributed by atoms with E-state index in [1.54, 1.807) is 12.1 Å². The third-order valence-electron chi connectivity index (χ3n) is 6.24. The maximum atomic E-state index is 14.0. The number of aliphatic imine (C=N–C) groups is 1. The van der Waals surface area contributed by atoms with Gasteiger partial charge in [0.2, 0.25) is 0 Å². The highest BCUT2D eigenvalue weighted by molar-refractivity contribution is 5.80. The molecular weight excluding hydrogens is 369 g/mol. The van der Waals surface area contributed by atoms with E-state index >= 15 is 0 Å². The van der Waals surface area contributed by atoms with Crippen molar-refractivity contribution in [1.29, 1.82) is 0 Å². The lowest BCUT2D eigenvalue weighted by Crippen LogP contribution is -2.48. The lowest BCUT2D eigenvalue weighted by molar-refractivity contribution is 0.0992. The largest absolute Gasteiger partial charge is 0.373 e. The van der Waals surface area contributed by atoms with Gasteiger partial charge in [0, 0.05) is 45.8 Å². The summed E-state index contributed by atoms with van der Waals surface area (Å²) in [6.45, 7) is 8.50. The monoisotopic (exact) mass is 403 g/mol. The molecule has 3 aliphatic rings. The standard InChI is InChI=1S/C22H34FN5O/c1-2-24-22(26-19-16-17-8-9-21(19)29-17)25-10-5-11-27-12-14-28(15-13-27)20-7-4-3-6-18(20)23/h3-4,6-7,17,19,21H,2,5,8-16H2,1H3,(H2,24,25,26). The molecule has 0 spiro atoms. The molecule has 1 aromatic carbocycles. The fourth-order valence-corrected chi connectivity index (χ4v) is 4.69. The van der Waals surface area contributed by atoms with E-state index in [1.165, 1.54) is 12.8 Å². The second kappa shape index (κ2) is 9.76. The van der Waals surface area contributed by atoms with Crippen LogP contribution in [-0.4, -0.2) is 74.9 Å². The number of halogens is 1. The molecule has 6 nitrogen and oxygen atoms in total. The van der Waals surface area contributed by atoms with Gasteiger partial charge in [0.25, 0.3) is 0 Å². The van der Waals surface area contributed by atoms with Gasteiger partial charge in [0.1, 0.15) is 5.82 Å². The summed E-state index contributed by atoms with van der Waals surface area (Å²) in [5.41, 5.74) is 0.725. The Bertz CT molecular complexity index is 692. The molecule has 0 amide bonds. The lowest BCUT2D eigenvalue weighted by Gasteiger charge is -2.36. The molecule has 1 aromatic rings. The first-order valence-corrected chi connectivity index (χ1v) is 11.1. The molecule has 3 saturated heterocycles. The predicted octanol–water partition coefficient (Wildman–Crippen LogP) is 2.21. The molecule has 3 aliphatic heterocycles. The molecule has 3 atom stereocenters. The van der Waals surface area contributed by atoms with Crippen molar-refractivity contribution in [2.24, 2.45) is 4.99 Å². The minimum atomic E-state index is -0.125. The zero-order chi connectivity index (χ0) is 20.1. The summed E-state index contributed by atoms with van der Waals surface area (Å²) in [5, 5.41) is 6.94. The fourth-order valence-electron chi connectivity index (χ4n) is 4.69. The molecule has 0 radical (unpaired) electrons. The zero-order valence-electron chi connectivity index (χ0n) is 17.4. The highest BCUT2D eigenvalue weighted by Crippen LogP contribution is 2.34. The first kappa shape index (κ1) is 20.4. The Morgan fingerprint density at radius 2 is 2.03 bits per heavy atom. The first-order valence-electron chi connectivity index (χ1n) is 11.1. The van der Waals surface area contributed by atoms with Crippen LogP contribution in [0.3, 0.4) is 0 Å². The minimum absolute atomic E-state index is 0.125. The van der Waals surface area contributed by atoms with Crippen molar-refractivity contribution in [3.8, 4) is 0 Å². The van der Waals surface area contributed by atoms with Gasteiger partial charge in [-0.1, -0.05) is 12.1 Å². The fraction of sp³-hybridized carbons (Fsp3) is 0.682. The topological polar surface area (TPSA) is 52.1 Å². The third-order valence-corrected chi connectivity index (χ3v) is 6.24. The summed E-state index contributed by atoms with van der Waals surface area (Å²) >= 11 is 0. The maximum absolute atomic E-state index is 14.0. The van der Waals surface area contributed by atoms with Crippen molar-refractivity contribution in [3.63, 3.8) is 0 Å². The van der Waals surface area contributed by atoms with Gasteiger partial charge >= 0.3 is 0 Å². The van der Waals surface area contributed by atoms with Crippen LogP contribution in [0.1, 0.15) is 32.6 Å². The summed E-state index contributed by atoms with van der Waals surface area (Å²) < 4.78 is 19.9. The molecule has 2 N–H and O–H groups in total. The average molecular weight is 404 g/mol. The third kappa shape index (κ3) is 5.20. The molecule has 0 aromatic heterocycles. The number of piperazine rings is 1. The van der Waals surface area contributed by atoms with E-state index in [0.717, 1.165) is 70.3 Å². The van der Waals surface area contributed by atoms with Gasteiger partial charge in [-0.15, -0.1) is 0 Å². The molecule has 0 saturated carbocycles. The van der Waals surface area contributed by atoms with Crippen LogP contribution in [0.5, 0.6) is 0 Å². The van der Waals surface area contributed by atoms with Gasteiger partial charge < -0.3 is 20.3 Å². The van der Waals surface area contributed by atoms with E-state index in [9.17, 15) is 4.39 Å². The summed E-state index contributed by atoms with van der Waals surface area (Å²) in [5.74, 6) is 0.789. The van der Waals surface area contributed by atoms with E-state index in [0.29, 0.717) is 18.2 Å². The molecule has 29 heavy (non-hydrogen) atoms. The van der Waals surface area contributed by atoms with Crippen LogP contribution in [0.25, 0.3) is 0 Å². The van der Waals surface area contributed by atoms with Crippen LogP contribution in [0.15, 0.2) is 29.3 Å². The average Bonchev–Trinajstić information content (AvgIpc) is 3.35. The molecular formula is C22H34FN5O. The van der Waals surface area contributed by atoms with Crippen molar-refractivity contribution >= 4 is 11.6 Å². The van der Waals surface area contributed by atoms with Crippen molar-refractivity contribution < 1.29 is 9.13 Å². The quantitative estimate of drug-likeness (QED) is 0.415. The molecule has 3 heterocycles. The van der Waals surface area contributed by atoms with Gasteiger partial charge in [-0.2, -0.15) is 0 Å². The summed E-state index contributed by atoms with van der Waals surface area (Å²) in [4.78, 5) is 9.37. The lowest BCUT2D eigenvalue weighted by atomic mass is 9.96. The number of hydrogen-bond acceptors (Lipinski definition) is 4. The van der Waals surface area contributed by atoms with Crippen LogP contribution < -0.4 is 15.5 Å². The Kier molecular flexibility index (Phi) is 6.87. The predicted molar refractivity (Wildman–Crippen MR) is 115 cm³/mol.